The van der Waals surface area contributed by atoms with Crippen LogP contribution in [0.5, 0.6) is 0 Å². The van der Waals surface area contributed by atoms with E-state index in [4.69, 9.17) is 23.2 Å². The Morgan fingerprint density at radius 3 is 2.08 bits per heavy atom. The van der Waals surface area contributed by atoms with E-state index >= 15 is 0 Å². The summed E-state index contributed by atoms with van der Waals surface area (Å²) in [4.78, 5) is 16.1. The Labute approximate surface area is 148 Å². The molecule has 1 heterocycles. The Kier molecular flexibility index (Phi) is 4.92. The molecule has 0 spiro atoms. The minimum atomic E-state index is -1.02. The minimum Gasteiger partial charge on any atom is -0.368 e. The van der Waals surface area contributed by atoms with Crippen LogP contribution >= 0.6 is 23.2 Å². The van der Waals surface area contributed by atoms with E-state index in [2.05, 4.69) is 4.90 Å². The molecule has 1 fully saturated rings. The second kappa shape index (κ2) is 6.95. The first-order valence-electron chi connectivity index (χ1n) is 7.39. The Hall–Kier alpha value is -1.85. The van der Waals surface area contributed by atoms with Crippen LogP contribution in [0.25, 0.3) is 0 Å². The van der Waals surface area contributed by atoms with Gasteiger partial charge in [-0.1, -0.05) is 23.2 Å². The number of hydrogen-bond acceptors (Lipinski definition) is 2. The molecule has 1 amide bonds. The molecule has 2 aromatic rings. The van der Waals surface area contributed by atoms with E-state index in [0.29, 0.717) is 36.2 Å². The highest BCUT2D eigenvalue weighted by Gasteiger charge is 2.23. The van der Waals surface area contributed by atoms with E-state index in [1.54, 1.807) is 11.0 Å². The number of halogens is 4. The van der Waals surface area contributed by atoms with Gasteiger partial charge in [-0.3, -0.25) is 4.79 Å². The summed E-state index contributed by atoms with van der Waals surface area (Å²) in [5.41, 5.74) is 1.04. The van der Waals surface area contributed by atoms with Gasteiger partial charge >= 0.3 is 0 Å². The van der Waals surface area contributed by atoms with E-state index in [1.165, 1.54) is 6.07 Å². The van der Waals surface area contributed by atoms with Gasteiger partial charge in [-0.2, -0.15) is 0 Å². The van der Waals surface area contributed by atoms with Gasteiger partial charge in [-0.15, -0.1) is 0 Å². The van der Waals surface area contributed by atoms with Crippen LogP contribution in [0.1, 0.15) is 10.4 Å². The predicted octanol–water partition coefficient (Wildman–Crippen LogP) is 4.23. The average Bonchev–Trinajstić information content (AvgIpc) is 2.56. The molecule has 24 heavy (non-hydrogen) atoms. The van der Waals surface area contributed by atoms with Crippen LogP contribution in [0.4, 0.5) is 14.5 Å². The number of hydrogen-bond donors (Lipinski definition) is 0. The van der Waals surface area contributed by atoms with E-state index in [9.17, 15) is 13.6 Å². The summed E-state index contributed by atoms with van der Waals surface area (Å²) in [5.74, 6) is -2.29. The van der Waals surface area contributed by atoms with E-state index < -0.39 is 11.6 Å². The van der Waals surface area contributed by atoms with Gasteiger partial charge in [-0.25, -0.2) is 8.78 Å². The van der Waals surface area contributed by atoms with Gasteiger partial charge < -0.3 is 9.80 Å². The maximum atomic E-state index is 13.3. The zero-order valence-electron chi connectivity index (χ0n) is 12.6. The van der Waals surface area contributed by atoms with Crippen LogP contribution in [0.3, 0.4) is 0 Å². The number of carbonyl (C=O) groups excluding carboxylic acids is 1. The second-order valence-corrected chi connectivity index (χ2v) is 6.41. The van der Waals surface area contributed by atoms with Crippen LogP contribution in [0, 0.1) is 11.6 Å². The molecule has 0 unspecified atom stereocenters. The topological polar surface area (TPSA) is 23.6 Å². The molecule has 0 aliphatic carbocycles. The Morgan fingerprint density at radius 2 is 1.50 bits per heavy atom. The Bertz CT molecular complexity index is 757. The second-order valence-electron chi connectivity index (χ2n) is 5.54. The molecule has 0 radical (unpaired) electrons. The summed E-state index contributed by atoms with van der Waals surface area (Å²) >= 11 is 12.0. The van der Waals surface area contributed by atoms with Crippen LogP contribution in [0.2, 0.25) is 10.0 Å². The molecule has 7 heteroatoms. The van der Waals surface area contributed by atoms with E-state index in [-0.39, 0.29) is 11.5 Å². The van der Waals surface area contributed by atoms with Crippen molar-refractivity contribution in [1.29, 1.82) is 0 Å². The van der Waals surface area contributed by atoms with Gasteiger partial charge in [-0.05, 0) is 36.4 Å². The molecule has 0 bridgehead atoms. The van der Waals surface area contributed by atoms with E-state index in [1.807, 2.05) is 12.1 Å². The number of piperazine rings is 1. The summed E-state index contributed by atoms with van der Waals surface area (Å²) in [7, 11) is 0. The van der Waals surface area contributed by atoms with Crippen LogP contribution < -0.4 is 4.90 Å². The SMILES string of the molecule is O=C(c1ccc(F)c(F)c1)N1CCN(c2cc(Cl)cc(Cl)c2)CC1. The number of amides is 1. The lowest BCUT2D eigenvalue weighted by Crippen LogP contribution is -2.48. The van der Waals surface area contributed by atoms with Crippen molar-refractivity contribution in [2.75, 3.05) is 31.1 Å². The van der Waals surface area contributed by atoms with Crippen molar-refractivity contribution in [2.24, 2.45) is 0 Å². The van der Waals surface area contributed by atoms with Gasteiger partial charge in [0.2, 0.25) is 0 Å². The molecule has 0 aromatic heterocycles. The maximum Gasteiger partial charge on any atom is 0.254 e. The molecule has 1 aliphatic heterocycles. The summed E-state index contributed by atoms with van der Waals surface area (Å²) < 4.78 is 26.3. The van der Waals surface area contributed by atoms with Crippen molar-refractivity contribution in [3.05, 3.63) is 63.6 Å². The monoisotopic (exact) mass is 370 g/mol. The van der Waals surface area contributed by atoms with Crippen LogP contribution in [-0.4, -0.2) is 37.0 Å². The fraction of sp³-hybridized carbons (Fsp3) is 0.235. The number of rotatable bonds is 2. The molecular formula is C17H14Cl2F2N2O. The first-order valence-corrected chi connectivity index (χ1v) is 8.15. The van der Waals surface area contributed by atoms with Crippen LogP contribution in [-0.2, 0) is 0 Å². The molecule has 1 aliphatic rings. The number of benzene rings is 2. The quantitative estimate of drug-likeness (QED) is 0.789. The molecule has 0 N–H and O–H groups in total. The van der Waals surface area contributed by atoms with Gasteiger partial charge in [0, 0.05) is 47.5 Å². The third-order valence-corrected chi connectivity index (χ3v) is 4.38. The van der Waals surface area contributed by atoms with Crippen molar-refractivity contribution in [2.45, 2.75) is 0 Å². The zero-order chi connectivity index (χ0) is 17.3. The lowest BCUT2D eigenvalue weighted by atomic mass is 10.1. The van der Waals surface area contributed by atoms with Crippen LogP contribution in [0.15, 0.2) is 36.4 Å². The van der Waals surface area contributed by atoms with Gasteiger partial charge in [0.1, 0.15) is 0 Å². The normalized spacial score (nSPS) is 14.8. The molecule has 3 nitrogen and oxygen atoms in total. The maximum absolute atomic E-state index is 13.3. The first kappa shape index (κ1) is 17.0. The van der Waals surface area contributed by atoms with Crippen molar-refractivity contribution in [1.82, 2.24) is 4.90 Å². The highest BCUT2D eigenvalue weighted by molar-refractivity contribution is 6.35. The number of carbonyl (C=O) groups is 1. The number of nitrogens with zero attached hydrogens (tertiary/aromatic N) is 2. The summed E-state index contributed by atoms with van der Waals surface area (Å²) in [6, 6.07) is 8.49. The smallest absolute Gasteiger partial charge is 0.254 e. The van der Waals surface area contributed by atoms with Crippen molar-refractivity contribution in [3.63, 3.8) is 0 Å². The molecule has 0 atom stereocenters. The molecular weight excluding hydrogens is 357 g/mol. The molecule has 1 saturated heterocycles. The lowest BCUT2D eigenvalue weighted by Gasteiger charge is -2.36. The largest absolute Gasteiger partial charge is 0.368 e. The predicted molar refractivity (Wildman–Crippen MR) is 90.9 cm³/mol. The third kappa shape index (κ3) is 3.62. The van der Waals surface area contributed by atoms with Crippen molar-refractivity contribution in [3.8, 4) is 0 Å². The standard InChI is InChI=1S/C17H14Cl2F2N2O/c18-12-8-13(19)10-14(9-12)22-3-5-23(6-4-22)17(24)11-1-2-15(20)16(21)7-11/h1-2,7-10H,3-6H2. The lowest BCUT2D eigenvalue weighted by molar-refractivity contribution is 0.0746. The van der Waals surface area contributed by atoms with Gasteiger partial charge in [0.25, 0.3) is 5.91 Å². The fourth-order valence-electron chi connectivity index (χ4n) is 2.70. The Balaban J connectivity index is 1.68. The van der Waals surface area contributed by atoms with Crippen molar-refractivity contribution >= 4 is 34.8 Å². The first-order chi connectivity index (χ1) is 11.4. The highest BCUT2D eigenvalue weighted by Crippen LogP contribution is 2.26. The summed E-state index contributed by atoms with van der Waals surface area (Å²) in [5, 5.41) is 1.11. The molecule has 2 aromatic carbocycles. The fourth-order valence-corrected chi connectivity index (χ4v) is 3.22. The number of anilines is 1. The van der Waals surface area contributed by atoms with E-state index in [0.717, 1.165) is 17.8 Å². The van der Waals surface area contributed by atoms with Gasteiger partial charge in [0.05, 0.1) is 0 Å². The molecule has 0 saturated carbocycles. The summed E-state index contributed by atoms with van der Waals surface area (Å²) in [6.45, 7) is 2.15. The molecule has 126 valence electrons. The van der Waals surface area contributed by atoms with Gasteiger partial charge in [0.15, 0.2) is 11.6 Å². The summed E-state index contributed by atoms with van der Waals surface area (Å²) in [6.07, 6.45) is 0. The van der Waals surface area contributed by atoms with Crippen molar-refractivity contribution < 1.29 is 13.6 Å². The minimum absolute atomic E-state index is 0.146. The molecule has 3 rings (SSSR count). The third-order valence-electron chi connectivity index (χ3n) is 3.95. The zero-order valence-corrected chi connectivity index (χ0v) is 14.1. The Morgan fingerprint density at radius 1 is 0.875 bits per heavy atom. The highest BCUT2D eigenvalue weighted by atomic mass is 35.5. The average molecular weight is 371 g/mol.